The molecule has 2 aromatic rings. The number of rotatable bonds is 9. The molecule has 0 unspecified atom stereocenters. The summed E-state index contributed by atoms with van der Waals surface area (Å²) in [6.45, 7) is 4.84. The molecule has 9 heteroatoms. The molecule has 4 rings (SSSR count). The van der Waals surface area contributed by atoms with E-state index in [1.807, 2.05) is 35.2 Å². The summed E-state index contributed by atoms with van der Waals surface area (Å²) in [5, 5.41) is 3.36. The van der Waals surface area contributed by atoms with Gasteiger partial charge < -0.3 is 19.7 Å². The standard InChI is InChI=1S/C25H30N4O4S/c1-32-21-9-7-20(8-10-21)26-23(30)17-22-24(31)29(18-19-5-3-2-4-6-19)25(34)28(22)12-11-27-13-15-33-16-14-27/h2-10,22H,11-18H2,1H3,(H,26,30)/t22-/m0/s1. The molecule has 0 aliphatic carbocycles. The molecule has 34 heavy (non-hydrogen) atoms. The van der Waals surface area contributed by atoms with Crippen LogP contribution in [0.25, 0.3) is 0 Å². The van der Waals surface area contributed by atoms with Crippen LogP contribution in [0, 0.1) is 0 Å². The minimum Gasteiger partial charge on any atom is -0.497 e. The zero-order chi connectivity index (χ0) is 23.9. The van der Waals surface area contributed by atoms with Gasteiger partial charge in [-0.3, -0.25) is 19.4 Å². The van der Waals surface area contributed by atoms with Crippen LogP contribution in [0.3, 0.4) is 0 Å². The van der Waals surface area contributed by atoms with Gasteiger partial charge in [-0.25, -0.2) is 0 Å². The van der Waals surface area contributed by atoms with E-state index in [9.17, 15) is 9.59 Å². The van der Waals surface area contributed by atoms with Crippen molar-refractivity contribution in [1.29, 1.82) is 0 Å². The highest BCUT2D eigenvalue weighted by Gasteiger charge is 2.43. The van der Waals surface area contributed by atoms with Crippen molar-refractivity contribution < 1.29 is 19.1 Å². The van der Waals surface area contributed by atoms with Crippen LogP contribution in [0.1, 0.15) is 12.0 Å². The number of methoxy groups -OCH3 is 1. The van der Waals surface area contributed by atoms with Gasteiger partial charge in [0.25, 0.3) is 5.91 Å². The molecule has 1 atom stereocenters. The Balaban J connectivity index is 1.46. The largest absolute Gasteiger partial charge is 0.497 e. The van der Waals surface area contributed by atoms with Crippen LogP contribution in [-0.2, 0) is 20.9 Å². The van der Waals surface area contributed by atoms with Crippen LogP contribution in [0.4, 0.5) is 5.69 Å². The Bertz CT molecular complexity index is 996. The van der Waals surface area contributed by atoms with Gasteiger partial charge in [0, 0.05) is 31.9 Å². The molecule has 2 amide bonds. The molecule has 0 saturated carbocycles. The second-order valence-electron chi connectivity index (χ2n) is 8.34. The van der Waals surface area contributed by atoms with Gasteiger partial charge in [-0.2, -0.15) is 0 Å². The number of nitrogens with one attached hydrogen (secondary N) is 1. The average molecular weight is 483 g/mol. The van der Waals surface area contributed by atoms with Crippen LogP contribution in [-0.4, -0.2) is 84.2 Å². The van der Waals surface area contributed by atoms with Crippen molar-refractivity contribution in [3.05, 3.63) is 60.2 Å². The number of nitrogens with zero attached hydrogens (tertiary/aromatic N) is 3. The van der Waals surface area contributed by atoms with E-state index in [0.29, 0.717) is 42.9 Å². The van der Waals surface area contributed by atoms with Gasteiger partial charge in [-0.15, -0.1) is 0 Å². The predicted octanol–water partition coefficient (Wildman–Crippen LogP) is 2.35. The molecule has 2 heterocycles. The minimum absolute atomic E-state index is 0.0272. The first-order chi connectivity index (χ1) is 16.5. The summed E-state index contributed by atoms with van der Waals surface area (Å²) >= 11 is 5.73. The molecule has 0 radical (unpaired) electrons. The normalized spacial score (nSPS) is 18.9. The molecule has 1 N–H and O–H groups in total. The van der Waals surface area contributed by atoms with Crippen molar-refractivity contribution in [2.75, 3.05) is 51.8 Å². The monoisotopic (exact) mass is 482 g/mol. The van der Waals surface area contributed by atoms with Crippen molar-refractivity contribution in [3.8, 4) is 5.75 Å². The lowest BCUT2D eigenvalue weighted by molar-refractivity contribution is -0.131. The molecule has 2 saturated heterocycles. The Hall–Kier alpha value is -3.01. The molecule has 2 aliphatic rings. The number of morpholine rings is 1. The predicted molar refractivity (Wildman–Crippen MR) is 134 cm³/mol. The fourth-order valence-electron chi connectivity index (χ4n) is 4.19. The highest BCUT2D eigenvalue weighted by atomic mass is 32.1. The maximum Gasteiger partial charge on any atom is 0.252 e. The number of hydrogen-bond acceptors (Lipinski definition) is 6. The first-order valence-corrected chi connectivity index (χ1v) is 11.9. The van der Waals surface area contributed by atoms with E-state index in [1.54, 1.807) is 36.3 Å². The molecule has 0 aromatic heterocycles. The number of ether oxygens (including phenoxy) is 2. The van der Waals surface area contributed by atoms with Crippen LogP contribution in [0.2, 0.25) is 0 Å². The quantitative estimate of drug-likeness (QED) is 0.550. The smallest absolute Gasteiger partial charge is 0.252 e. The maximum atomic E-state index is 13.4. The number of benzene rings is 2. The fraction of sp³-hybridized carbons (Fsp3) is 0.400. The molecule has 0 spiro atoms. The van der Waals surface area contributed by atoms with Crippen molar-refractivity contribution in [2.45, 2.75) is 19.0 Å². The summed E-state index contributed by atoms with van der Waals surface area (Å²) in [5.74, 6) is 0.338. The van der Waals surface area contributed by atoms with Crippen LogP contribution in [0.15, 0.2) is 54.6 Å². The van der Waals surface area contributed by atoms with E-state index in [0.717, 1.165) is 25.2 Å². The third-order valence-electron chi connectivity index (χ3n) is 6.10. The average Bonchev–Trinajstić information content (AvgIpc) is 3.08. The topological polar surface area (TPSA) is 74.4 Å². The van der Waals surface area contributed by atoms with Crippen LogP contribution < -0.4 is 10.1 Å². The Labute approximate surface area is 205 Å². The molecule has 8 nitrogen and oxygen atoms in total. The number of carbonyl (C=O) groups is 2. The van der Waals surface area contributed by atoms with Gasteiger partial charge in [0.2, 0.25) is 5.91 Å². The van der Waals surface area contributed by atoms with Crippen molar-refractivity contribution in [2.24, 2.45) is 0 Å². The van der Waals surface area contributed by atoms with Gasteiger partial charge in [0.15, 0.2) is 5.11 Å². The summed E-state index contributed by atoms with van der Waals surface area (Å²) in [4.78, 5) is 32.1. The molecule has 2 aliphatic heterocycles. The minimum atomic E-state index is -0.629. The molecular weight excluding hydrogens is 452 g/mol. The lowest BCUT2D eigenvalue weighted by atomic mass is 10.1. The van der Waals surface area contributed by atoms with Crippen LogP contribution in [0.5, 0.6) is 5.75 Å². The third-order valence-corrected chi connectivity index (χ3v) is 6.56. The van der Waals surface area contributed by atoms with Gasteiger partial charge >= 0.3 is 0 Å². The van der Waals surface area contributed by atoms with Gasteiger partial charge in [-0.05, 0) is 42.0 Å². The van der Waals surface area contributed by atoms with Crippen molar-refractivity contribution >= 4 is 34.8 Å². The number of anilines is 1. The van der Waals surface area contributed by atoms with E-state index in [4.69, 9.17) is 21.7 Å². The zero-order valence-electron chi connectivity index (χ0n) is 19.3. The lowest BCUT2D eigenvalue weighted by Gasteiger charge is -2.30. The highest BCUT2D eigenvalue weighted by Crippen LogP contribution is 2.24. The highest BCUT2D eigenvalue weighted by molar-refractivity contribution is 7.80. The van der Waals surface area contributed by atoms with Crippen LogP contribution >= 0.6 is 12.2 Å². The molecule has 2 aromatic carbocycles. The van der Waals surface area contributed by atoms with Crippen molar-refractivity contribution in [3.63, 3.8) is 0 Å². The Kier molecular flexibility index (Phi) is 8.10. The second kappa shape index (κ2) is 11.4. The number of carbonyl (C=O) groups excluding carboxylic acids is 2. The van der Waals surface area contributed by atoms with Gasteiger partial charge in [-0.1, -0.05) is 30.3 Å². The fourth-order valence-corrected chi connectivity index (χ4v) is 4.57. The lowest BCUT2D eigenvalue weighted by Crippen LogP contribution is -2.45. The maximum absolute atomic E-state index is 13.4. The van der Waals surface area contributed by atoms with E-state index >= 15 is 0 Å². The summed E-state index contributed by atoms with van der Waals surface area (Å²) < 4.78 is 10.6. The Morgan fingerprint density at radius 3 is 2.47 bits per heavy atom. The van der Waals surface area contributed by atoms with E-state index in [-0.39, 0.29) is 18.2 Å². The summed E-state index contributed by atoms with van der Waals surface area (Å²) in [7, 11) is 1.59. The summed E-state index contributed by atoms with van der Waals surface area (Å²) in [5.41, 5.74) is 1.65. The Morgan fingerprint density at radius 1 is 1.09 bits per heavy atom. The SMILES string of the molecule is COc1ccc(NC(=O)C[C@H]2C(=O)N(Cc3ccccc3)C(=S)N2CCN2CCOCC2)cc1. The first kappa shape index (κ1) is 24.1. The van der Waals surface area contributed by atoms with E-state index in [1.165, 1.54) is 0 Å². The second-order valence-corrected chi connectivity index (χ2v) is 8.70. The third kappa shape index (κ3) is 5.91. The molecule has 2 fully saturated rings. The van der Waals surface area contributed by atoms with Crippen molar-refractivity contribution in [1.82, 2.24) is 14.7 Å². The van der Waals surface area contributed by atoms with Gasteiger partial charge in [0.05, 0.1) is 33.3 Å². The Morgan fingerprint density at radius 2 is 1.79 bits per heavy atom. The summed E-state index contributed by atoms with van der Waals surface area (Å²) in [6.07, 6.45) is 0.0272. The number of thiocarbonyl (C=S) groups is 1. The number of hydrogen-bond donors (Lipinski definition) is 1. The molecule has 180 valence electrons. The van der Waals surface area contributed by atoms with E-state index < -0.39 is 6.04 Å². The summed E-state index contributed by atoms with van der Waals surface area (Å²) in [6, 6.07) is 16.2. The first-order valence-electron chi connectivity index (χ1n) is 11.4. The molecule has 0 bridgehead atoms. The number of amides is 2. The van der Waals surface area contributed by atoms with Gasteiger partial charge in [0.1, 0.15) is 11.8 Å². The van der Waals surface area contributed by atoms with E-state index in [2.05, 4.69) is 10.2 Å². The molecular formula is C25H30N4O4S. The zero-order valence-corrected chi connectivity index (χ0v) is 20.1.